The largest absolute Gasteiger partial charge is 0.294 e. The van der Waals surface area contributed by atoms with E-state index in [4.69, 9.17) is 0 Å². The molecule has 0 aromatic heterocycles. The first kappa shape index (κ1) is 20.8. The Morgan fingerprint density at radius 2 is 1.83 bits per heavy atom. The predicted octanol–water partition coefficient (Wildman–Crippen LogP) is 3.60. The summed E-state index contributed by atoms with van der Waals surface area (Å²) in [7, 11) is -3.14. The van der Waals surface area contributed by atoms with Gasteiger partial charge in [-0.1, -0.05) is 36.8 Å². The van der Waals surface area contributed by atoms with E-state index in [9.17, 15) is 13.7 Å². The Kier molecular flexibility index (Phi) is 6.02. The van der Waals surface area contributed by atoms with E-state index in [1.807, 2.05) is 0 Å². The van der Waals surface area contributed by atoms with Gasteiger partial charge in [0.25, 0.3) is 0 Å². The van der Waals surface area contributed by atoms with Gasteiger partial charge in [-0.15, -0.1) is 0 Å². The Bertz CT molecular complexity index is 835. The molecule has 0 spiro atoms. The van der Waals surface area contributed by atoms with Crippen molar-refractivity contribution in [1.82, 2.24) is 9.21 Å². The van der Waals surface area contributed by atoms with Crippen LogP contribution < -0.4 is 0 Å². The number of hydrogen-bond acceptors (Lipinski definition) is 4. The Labute approximate surface area is 175 Å². The van der Waals surface area contributed by atoms with Crippen LogP contribution in [0.15, 0.2) is 30.3 Å². The molecule has 1 aromatic rings. The maximum absolute atomic E-state index is 12.1. The maximum atomic E-state index is 12.1. The van der Waals surface area contributed by atoms with Crippen molar-refractivity contribution in [2.45, 2.75) is 56.9 Å². The summed E-state index contributed by atoms with van der Waals surface area (Å²) in [6.07, 6.45) is 6.76. The van der Waals surface area contributed by atoms with E-state index in [-0.39, 0.29) is 11.3 Å². The number of likely N-dealkylation sites (tertiary alicyclic amines) is 1. The van der Waals surface area contributed by atoms with Crippen LogP contribution in [-0.2, 0) is 10.0 Å². The third kappa shape index (κ3) is 4.38. The van der Waals surface area contributed by atoms with Gasteiger partial charge in [0.05, 0.1) is 23.8 Å². The standard InChI is InChI=1S/C23H33N3O2S/c1-2-29(27,28)26-17-23(18-26,12-13-24)25-14-10-19(11-15-25)8-9-21-16-22(21)20-6-4-3-5-7-20/h3-7,19,21-22H,2,8-12,14-18H2,1H3. The van der Waals surface area contributed by atoms with Crippen LogP contribution in [0.3, 0.4) is 0 Å². The van der Waals surface area contributed by atoms with Gasteiger partial charge in [-0.25, -0.2) is 8.42 Å². The molecule has 3 aliphatic rings. The number of benzene rings is 1. The molecular weight excluding hydrogens is 382 g/mol. The van der Waals surface area contributed by atoms with Crippen molar-refractivity contribution in [3.63, 3.8) is 0 Å². The lowest BCUT2D eigenvalue weighted by molar-refractivity contribution is -0.0300. The molecule has 4 rings (SSSR count). The molecule has 3 fully saturated rings. The van der Waals surface area contributed by atoms with Gasteiger partial charge >= 0.3 is 0 Å². The van der Waals surface area contributed by atoms with Crippen LogP contribution in [0.4, 0.5) is 0 Å². The molecule has 2 saturated heterocycles. The molecule has 1 aliphatic carbocycles. The smallest absolute Gasteiger partial charge is 0.213 e. The molecule has 5 nitrogen and oxygen atoms in total. The second kappa shape index (κ2) is 8.37. The molecule has 29 heavy (non-hydrogen) atoms. The molecule has 6 heteroatoms. The van der Waals surface area contributed by atoms with E-state index < -0.39 is 10.0 Å². The van der Waals surface area contributed by atoms with Gasteiger partial charge in [-0.2, -0.15) is 9.57 Å². The number of rotatable bonds is 8. The minimum Gasteiger partial charge on any atom is -0.294 e. The molecule has 2 unspecified atom stereocenters. The molecule has 0 radical (unpaired) electrons. The topological polar surface area (TPSA) is 64.4 Å². The zero-order valence-corrected chi connectivity index (χ0v) is 18.3. The molecule has 0 amide bonds. The highest BCUT2D eigenvalue weighted by atomic mass is 32.2. The molecule has 1 saturated carbocycles. The lowest BCUT2D eigenvalue weighted by atomic mass is 9.82. The highest BCUT2D eigenvalue weighted by Gasteiger charge is 2.51. The van der Waals surface area contributed by atoms with E-state index in [1.165, 1.54) is 37.7 Å². The molecule has 158 valence electrons. The van der Waals surface area contributed by atoms with Crippen LogP contribution in [0.5, 0.6) is 0 Å². The molecular formula is C23H33N3O2S. The maximum Gasteiger partial charge on any atom is 0.213 e. The van der Waals surface area contributed by atoms with Crippen molar-refractivity contribution in [3.8, 4) is 6.07 Å². The van der Waals surface area contributed by atoms with Crippen molar-refractivity contribution < 1.29 is 8.42 Å². The normalized spacial score (nSPS) is 27.9. The van der Waals surface area contributed by atoms with Crippen molar-refractivity contribution in [2.75, 3.05) is 31.9 Å². The Morgan fingerprint density at radius 1 is 1.14 bits per heavy atom. The fourth-order valence-electron chi connectivity index (χ4n) is 5.38. The molecule has 0 N–H and O–H groups in total. The van der Waals surface area contributed by atoms with Crippen LogP contribution in [0.25, 0.3) is 0 Å². The fourth-order valence-corrected chi connectivity index (χ4v) is 6.62. The lowest BCUT2D eigenvalue weighted by Crippen LogP contribution is -2.72. The number of nitriles is 1. The molecule has 2 aliphatic heterocycles. The van der Waals surface area contributed by atoms with Gasteiger partial charge < -0.3 is 0 Å². The highest BCUT2D eigenvalue weighted by molar-refractivity contribution is 7.89. The van der Waals surface area contributed by atoms with E-state index in [0.29, 0.717) is 19.5 Å². The second-order valence-corrected chi connectivity index (χ2v) is 11.5. The van der Waals surface area contributed by atoms with Crippen LogP contribution in [0, 0.1) is 23.2 Å². The summed E-state index contributed by atoms with van der Waals surface area (Å²) in [5.74, 6) is 2.55. The summed E-state index contributed by atoms with van der Waals surface area (Å²) in [6, 6.07) is 13.2. The van der Waals surface area contributed by atoms with Crippen molar-refractivity contribution >= 4 is 10.0 Å². The summed E-state index contributed by atoms with van der Waals surface area (Å²) in [5, 5.41) is 9.32. The van der Waals surface area contributed by atoms with E-state index in [2.05, 4.69) is 41.3 Å². The van der Waals surface area contributed by atoms with Crippen LogP contribution in [0.2, 0.25) is 0 Å². The average molecular weight is 416 g/mol. The van der Waals surface area contributed by atoms with Crippen molar-refractivity contribution in [2.24, 2.45) is 11.8 Å². The van der Waals surface area contributed by atoms with E-state index in [0.717, 1.165) is 30.8 Å². The van der Waals surface area contributed by atoms with Gasteiger partial charge in [0.15, 0.2) is 0 Å². The number of sulfonamides is 1. The minimum absolute atomic E-state index is 0.142. The Balaban J connectivity index is 1.23. The summed E-state index contributed by atoms with van der Waals surface area (Å²) in [4.78, 5) is 2.41. The summed E-state index contributed by atoms with van der Waals surface area (Å²) in [6.45, 7) is 4.66. The van der Waals surface area contributed by atoms with Gasteiger partial charge in [0.2, 0.25) is 10.0 Å². The second-order valence-electron chi connectivity index (χ2n) is 9.25. The first-order valence-electron chi connectivity index (χ1n) is 11.1. The first-order valence-corrected chi connectivity index (χ1v) is 12.7. The van der Waals surface area contributed by atoms with Crippen molar-refractivity contribution in [3.05, 3.63) is 35.9 Å². The zero-order valence-electron chi connectivity index (χ0n) is 17.5. The fraction of sp³-hybridized carbons (Fsp3) is 0.696. The van der Waals surface area contributed by atoms with Gasteiger partial charge in [0, 0.05) is 13.1 Å². The molecule has 1 aromatic carbocycles. The van der Waals surface area contributed by atoms with E-state index in [1.54, 1.807) is 11.2 Å². The third-order valence-corrected chi connectivity index (χ3v) is 9.26. The zero-order chi connectivity index (χ0) is 20.5. The summed E-state index contributed by atoms with van der Waals surface area (Å²) >= 11 is 0. The molecule has 0 bridgehead atoms. The lowest BCUT2D eigenvalue weighted by Gasteiger charge is -2.55. The number of hydrogen-bond donors (Lipinski definition) is 0. The van der Waals surface area contributed by atoms with E-state index >= 15 is 0 Å². The van der Waals surface area contributed by atoms with Gasteiger partial charge in [-0.3, -0.25) is 4.90 Å². The molecule has 2 heterocycles. The van der Waals surface area contributed by atoms with Crippen LogP contribution in [0.1, 0.15) is 56.9 Å². The van der Waals surface area contributed by atoms with Crippen molar-refractivity contribution in [1.29, 1.82) is 5.26 Å². The number of piperidine rings is 1. The summed E-state index contributed by atoms with van der Waals surface area (Å²) < 4.78 is 25.8. The average Bonchev–Trinajstić information content (AvgIpc) is 3.49. The Morgan fingerprint density at radius 3 is 2.45 bits per heavy atom. The first-order chi connectivity index (χ1) is 14.0. The Hall–Kier alpha value is -1.42. The summed E-state index contributed by atoms with van der Waals surface area (Å²) in [5.41, 5.74) is 1.25. The monoisotopic (exact) mass is 415 g/mol. The molecule has 2 atom stereocenters. The predicted molar refractivity (Wildman–Crippen MR) is 115 cm³/mol. The minimum atomic E-state index is -3.14. The van der Waals surface area contributed by atoms with Crippen LogP contribution >= 0.6 is 0 Å². The third-order valence-electron chi connectivity index (χ3n) is 7.49. The quantitative estimate of drug-likeness (QED) is 0.651. The van der Waals surface area contributed by atoms with Crippen LogP contribution in [-0.4, -0.2) is 55.1 Å². The number of nitrogens with zero attached hydrogens (tertiary/aromatic N) is 3. The SMILES string of the molecule is CCS(=O)(=O)N1CC(CC#N)(N2CCC(CCC3CC3c3ccccc3)CC2)C1. The van der Waals surface area contributed by atoms with Gasteiger partial charge in [0.1, 0.15) is 0 Å². The van der Waals surface area contributed by atoms with Gasteiger partial charge in [-0.05, 0) is 69.0 Å². The highest BCUT2D eigenvalue weighted by Crippen LogP contribution is 2.51.